The molecule has 3 N–H and O–H groups in total. The van der Waals surface area contributed by atoms with E-state index in [4.69, 9.17) is 0 Å². The standard InChI is InChI=1S/C22H25N5OS/c1-17-24-25-22(29-17)23-20(28)16-26-12-14-27(15-13-26)21(18-8-4-2-5-9-18)19-10-6-3-7-11-19/h2-11,21H,12-16H2,1H3,(H,23,25,28)/p+2. The van der Waals surface area contributed by atoms with Crippen LogP contribution in [-0.4, -0.2) is 48.8 Å². The number of nitrogens with one attached hydrogen (secondary N) is 3. The molecule has 1 aliphatic heterocycles. The minimum atomic E-state index is 0.0160. The predicted octanol–water partition coefficient (Wildman–Crippen LogP) is 0.358. The number of carbonyl (C=O) groups is 1. The molecular weight excluding hydrogens is 382 g/mol. The Morgan fingerprint density at radius 3 is 2.07 bits per heavy atom. The van der Waals surface area contributed by atoms with Crippen molar-refractivity contribution < 1.29 is 14.6 Å². The van der Waals surface area contributed by atoms with Crippen molar-refractivity contribution in [3.63, 3.8) is 0 Å². The Balaban J connectivity index is 1.38. The molecule has 1 fully saturated rings. The van der Waals surface area contributed by atoms with Gasteiger partial charge in [0.2, 0.25) is 5.13 Å². The molecule has 29 heavy (non-hydrogen) atoms. The fourth-order valence-corrected chi connectivity index (χ4v) is 4.69. The topological polar surface area (TPSA) is 63.8 Å². The lowest BCUT2D eigenvalue weighted by molar-refractivity contribution is -1.02. The molecule has 1 aromatic heterocycles. The van der Waals surface area contributed by atoms with Gasteiger partial charge in [-0.25, -0.2) is 0 Å². The van der Waals surface area contributed by atoms with Crippen LogP contribution in [0.5, 0.6) is 0 Å². The number of nitrogens with zero attached hydrogens (tertiary/aromatic N) is 2. The lowest BCUT2D eigenvalue weighted by Gasteiger charge is -2.34. The first-order chi connectivity index (χ1) is 14.2. The number of aryl methyl sites for hydroxylation is 1. The molecule has 0 radical (unpaired) electrons. The van der Waals surface area contributed by atoms with Gasteiger partial charge in [-0.2, -0.15) is 0 Å². The van der Waals surface area contributed by atoms with E-state index in [1.165, 1.54) is 27.4 Å². The van der Waals surface area contributed by atoms with Gasteiger partial charge in [0.15, 0.2) is 6.54 Å². The van der Waals surface area contributed by atoms with Crippen molar-refractivity contribution in [3.05, 3.63) is 76.8 Å². The summed E-state index contributed by atoms with van der Waals surface area (Å²) in [5, 5.41) is 12.2. The number of hydrogen-bond donors (Lipinski definition) is 3. The van der Waals surface area contributed by atoms with E-state index >= 15 is 0 Å². The molecule has 0 bridgehead atoms. The third-order valence-electron chi connectivity index (χ3n) is 5.46. The third kappa shape index (κ3) is 5.06. The van der Waals surface area contributed by atoms with Crippen molar-refractivity contribution >= 4 is 22.4 Å². The van der Waals surface area contributed by atoms with E-state index in [1.54, 1.807) is 4.90 Å². The van der Waals surface area contributed by atoms with Crippen LogP contribution in [0.15, 0.2) is 60.7 Å². The molecule has 4 rings (SSSR count). The normalized spacial score (nSPS) is 19.2. The summed E-state index contributed by atoms with van der Waals surface area (Å²) in [6.07, 6.45) is 0. The number of anilines is 1. The zero-order valence-corrected chi connectivity index (χ0v) is 17.4. The summed E-state index contributed by atoms with van der Waals surface area (Å²) < 4.78 is 0. The Hall–Kier alpha value is -2.61. The molecule has 6 nitrogen and oxygen atoms in total. The molecule has 0 saturated carbocycles. The molecule has 3 aromatic rings. The molecule has 0 atom stereocenters. The molecule has 2 aromatic carbocycles. The van der Waals surface area contributed by atoms with Gasteiger partial charge in [-0.05, 0) is 6.92 Å². The third-order valence-corrected chi connectivity index (χ3v) is 6.21. The maximum Gasteiger partial charge on any atom is 0.281 e. The summed E-state index contributed by atoms with van der Waals surface area (Å²) in [5.74, 6) is 0.0160. The number of hydrogen-bond acceptors (Lipinski definition) is 4. The van der Waals surface area contributed by atoms with Gasteiger partial charge in [0.25, 0.3) is 5.91 Å². The Kier molecular flexibility index (Phi) is 6.29. The van der Waals surface area contributed by atoms with E-state index in [0.717, 1.165) is 31.2 Å². The Labute approximate surface area is 175 Å². The van der Waals surface area contributed by atoms with Crippen LogP contribution >= 0.6 is 11.3 Å². The number of quaternary nitrogens is 2. The second-order valence-corrected chi connectivity index (χ2v) is 8.70. The number of piperazine rings is 1. The SMILES string of the molecule is Cc1nnc(NC(=O)C[NH+]2CC[NH+](C(c3ccccc3)c3ccccc3)CC2)s1. The zero-order valence-electron chi connectivity index (χ0n) is 16.6. The van der Waals surface area contributed by atoms with Crippen LogP contribution < -0.4 is 15.1 Å². The van der Waals surface area contributed by atoms with Crippen molar-refractivity contribution in [2.24, 2.45) is 0 Å². The van der Waals surface area contributed by atoms with Crippen molar-refractivity contribution in [2.75, 3.05) is 38.0 Å². The highest BCUT2D eigenvalue weighted by atomic mass is 32.1. The number of carbonyl (C=O) groups excluding carboxylic acids is 1. The molecule has 2 heterocycles. The van der Waals surface area contributed by atoms with E-state index in [2.05, 4.69) is 76.2 Å². The van der Waals surface area contributed by atoms with Crippen LogP contribution in [0.3, 0.4) is 0 Å². The monoisotopic (exact) mass is 409 g/mol. The quantitative estimate of drug-likeness (QED) is 0.551. The van der Waals surface area contributed by atoms with Crippen LogP contribution in [-0.2, 0) is 4.79 Å². The van der Waals surface area contributed by atoms with Crippen LogP contribution in [0.4, 0.5) is 5.13 Å². The minimum absolute atomic E-state index is 0.0160. The Morgan fingerprint density at radius 1 is 0.966 bits per heavy atom. The second-order valence-electron chi connectivity index (χ2n) is 7.51. The summed E-state index contributed by atoms with van der Waals surface area (Å²) in [5.41, 5.74) is 2.70. The minimum Gasteiger partial charge on any atom is -0.318 e. The molecule has 1 amide bonds. The van der Waals surface area contributed by atoms with Crippen molar-refractivity contribution in [1.29, 1.82) is 0 Å². The zero-order chi connectivity index (χ0) is 20.1. The Bertz CT molecular complexity index is 883. The average Bonchev–Trinajstić information content (AvgIpc) is 3.15. The fraction of sp³-hybridized carbons (Fsp3) is 0.318. The van der Waals surface area contributed by atoms with E-state index < -0.39 is 0 Å². The first-order valence-corrected chi connectivity index (χ1v) is 10.9. The Morgan fingerprint density at radius 2 is 1.55 bits per heavy atom. The van der Waals surface area contributed by atoms with E-state index in [1.807, 2.05) is 6.92 Å². The molecule has 1 aliphatic rings. The lowest BCUT2D eigenvalue weighted by atomic mass is 9.96. The van der Waals surface area contributed by atoms with Crippen LogP contribution in [0, 0.1) is 6.92 Å². The summed E-state index contributed by atoms with van der Waals surface area (Å²) in [4.78, 5) is 15.2. The molecule has 7 heteroatoms. The summed E-state index contributed by atoms with van der Waals surface area (Å²) >= 11 is 1.41. The van der Waals surface area contributed by atoms with Crippen molar-refractivity contribution in [3.8, 4) is 0 Å². The molecule has 0 aliphatic carbocycles. The maximum absolute atomic E-state index is 12.3. The lowest BCUT2D eigenvalue weighted by Crippen LogP contribution is -3.28. The largest absolute Gasteiger partial charge is 0.318 e. The van der Waals surface area contributed by atoms with Gasteiger partial charge in [0.05, 0.1) is 0 Å². The highest BCUT2D eigenvalue weighted by Crippen LogP contribution is 2.18. The highest BCUT2D eigenvalue weighted by Gasteiger charge is 2.32. The first kappa shape index (κ1) is 19.7. The van der Waals surface area contributed by atoms with E-state index in [-0.39, 0.29) is 5.91 Å². The van der Waals surface area contributed by atoms with Gasteiger partial charge in [0.1, 0.15) is 37.2 Å². The second kappa shape index (κ2) is 9.26. The fourth-order valence-electron chi connectivity index (χ4n) is 4.08. The van der Waals surface area contributed by atoms with Gasteiger partial charge in [-0.1, -0.05) is 72.0 Å². The van der Waals surface area contributed by atoms with Crippen LogP contribution in [0.1, 0.15) is 22.2 Å². The summed E-state index contributed by atoms with van der Waals surface area (Å²) in [6.45, 7) is 6.40. The number of rotatable bonds is 6. The molecule has 1 saturated heterocycles. The number of benzene rings is 2. The molecule has 150 valence electrons. The number of aromatic nitrogens is 2. The number of amides is 1. The smallest absolute Gasteiger partial charge is 0.281 e. The van der Waals surface area contributed by atoms with Gasteiger partial charge >= 0.3 is 0 Å². The first-order valence-electron chi connectivity index (χ1n) is 10.1. The van der Waals surface area contributed by atoms with Crippen molar-refractivity contribution in [1.82, 2.24) is 10.2 Å². The summed E-state index contributed by atoms with van der Waals surface area (Å²) in [7, 11) is 0. The summed E-state index contributed by atoms with van der Waals surface area (Å²) in [6, 6.07) is 21.8. The molecule has 0 spiro atoms. The van der Waals surface area contributed by atoms with Crippen molar-refractivity contribution in [2.45, 2.75) is 13.0 Å². The van der Waals surface area contributed by atoms with Gasteiger partial charge in [-0.15, -0.1) is 10.2 Å². The van der Waals surface area contributed by atoms with Crippen LogP contribution in [0.2, 0.25) is 0 Å². The maximum atomic E-state index is 12.3. The molecule has 0 unspecified atom stereocenters. The average molecular weight is 410 g/mol. The highest BCUT2D eigenvalue weighted by molar-refractivity contribution is 7.15. The van der Waals surface area contributed by atoms with E-state index in [9.17, 15) is 4.79 Å². The molecular formula is C22H27N5OS+2. The van der Waals surface area contributed by atoms with Gasteiger partial charge in [-0.3, -0.25) is 10.1 Å². The van der Waals surface area contributed by atoms with E-state index in [0.29, 0.717) is 17.7 Å². The van der Waals surface area contributed by atoms with Gasteiger partial charge < -0.3 is 9.80 Å². The predicted molar refractivity (Wildman–Crippen MR) is 114 cm³/mol. The van der Waals surface area contributed by atoms with Gasteiger partial charge in [0, 0.05) is 11.1 Å². The van der Waals surface area contributed by atoms with Crippen LogP contribution in [0.25, 0.3) is 0 Å².